The molecule has 0 aromatic carbocycles. The van der Waals surface area contributed by atoms with E-state index in [4.69, 9.17) is 4.42 Å². The lowest BCUT2D eigenvalue weighted by Gasteiger charge is -2.13. The van der Waals surface area contributed by atoms with Crippen LogP contribution in [0.15, 0.2) is 40.1 Å². The van der Waals surface area contributed by atoms with Crippen molar-refractivity contribution in [1.82, 2.24) is 24.5 Å². The molecule has 0 spiro atoms. The summed E-state index contributed by atoms with van der Waals surface area (Å²) in [6.45, 7) is -0.0218. The number of alkyl halides is 3. The fourth-order valence-corrected chi connectivity index (χ4v) is 3.06. The number of aromatic nitrogens is 4. The number of nitrogens with zero attached hydrogens (tertiary/aromatic N) is 3. The number of rotatable bonds is 5. The van der Waals surface area contributed by atoms with Gasteiger partial charge in [-0.3, -0.25) is 5.10 Å². The molecule has 12 heteroatoms. The summed E-state index contributed by atoms with van der Waals surface area (Å²) in [5, 5.41) is 4.92. The van der Waals surface area contributed by atoms with E-state index in [9.17, 15) is 21.6 Å². The van der Waals surface area contributed by atoms with Crippen molar-refractivity contribution < 1.29 is 26.0 Å². The molecular weight excluding hydrogens is 363 g/mol. The summed E-state index contributed by atoms with van der Waals surface area (Å²) in [5.41, 5.74) is -1.21. The highest BCUT2D eigenvalue weighted by Gasteiger charge is 2.34. The van der Waals surface area contributed by atoms with Gasteiger partial charge in [0.1, 0.15) is 17.2 Å². The Morgan fingerprint density at radius 3 is 2.68 bits per heavy atom. The van der Waals surface area contributed by atoms with E-state index in [0.717, 1.165) is 16.4 Å². The average Bonchev–Trinajstić information content (AvgIpc) is 3.26. The van der Waals surface area contributed by atoms with Gasteiger partial charge in [-0.15, -0.1) is 0 Å². The lowest BCUT2D eigenvalue weighted by Crippen LogP contribution is -2.26. The molecule has 8 nitrogen and oxygen atoms in total. The van der Waals surface area contributed by atoms with Crippen molar-refractivity contribution in [3.05, 3.63) is 42.1 Å². The Labute approximate surface area is 139 Å². The SMILES string of the molecule is CN(Cc1ncc[nH]1)S(=O)(=O)c1ccc(-c2cc(C(F)(F)F)[nH]n2)o1. The summed E-state index contributed by atoms with van der Waals surface area (Å²) in [6, 6.07) is 3.14. The minimum atomic E-state index is -4.59. The van der Waals surface area contributed by atoms with Crippen molar-refractivity contribution in [3.63, 3.8) is 0 Å². The van der Waals surface area contributed by atoms with Crippen molar-refractivity contribution in [3.8, 4) is 11.5 Å². The Kier molecular flexibility index (Phi) is 4.16. The first kappa shape index (κ1) is 17.2. The number of hydrogen-bond acceptors (Lipinski definition) is 5. The third kappa shape index (κ3) is 3.44. The van der Waals surface area contributed by atoms with Crippen LogP contribution in [-0.4, -0.2) is 39.9 Å². The molecule has 25 heavy (non-hydrogen) atoms. The zero-order valence-electron chi connectivity index (χ0n) is 12.7. The van der Waals surface area contributed by atoms with Crippen LogP contribution >= 0.6 is 0 Å². The van der Waals surface area contributed by atoms with E-state index >= 15 is 0 Å². The van der Waals surface area contributed by atoms with Gasteiger partial charge in [0, 0.05) is 19.4 Å². The predicted molar refractivity (Wildman–Crippen MR) is 78.5 cm³/mol. The third-order valence-electron chi connectivity index (χ3n) is 3.31. The van der Waals surface area contributed by atoms with Gasteiger partial charge >= 0.3 is 6.18 Å². The number of halogens is 3. The fourth-order valence-electron chi connectivity index (χ4n) is 2.02. The first-order valence-corrected chi connectivity index (χ1v) is 8.29. The average molecular weight is 375 g/mol. The van der Waals surface area contributed by atoms with Crippen LogP contribution in [0.4, 0.5) is 13.2 Å². The van der Waals surface area contributed by atoms with E-state index in [1.807, 2.05) is 5.10 Å². The highest BCUT2D eigenvalue weighted by atomic mass is 32.2. The summed E-state index contributed by atoms with van der Waals surface area (Å²) < 4.78 is 68.8. The van der Waals surface area contributed by atoms with Crippen molar-refractivity contribution in [1.29, 1.82) is 0 Å². The molecule has 0 aliphatic carbocycles. The Morgan fingerprint density at radius 1 is 1.32 bits per heavy atom. The highest BCUT2D eigenvalue weighted by Crippen LogP contribution is 2.31. The van der Waals surface area contributed by atoms with E-state index in [1.54, 1.807) is 6.20 Å². The molecule has 0 saturated carbocycles. The van der Waals surface area contributed by atoms with Crippen molar-refractivity contribution in [2.45, 2.75) is 17.8 Å². The number of hydrogen-bond donors (Lipinski definition) is 2. The van der Waals surface area contributed by atoms with Gasteiger partial charge in [-0.25, -0.2) is 13.4 Å². The molecule has 3 aromatic rings. The van der Waals surface area contributed by atoms with Gasteiger partial charge in [0.2, 0.25) is 5.09 Å². The maximum absolute atomic E-state index is 12.6. The Bertz CT molecular complexity index is 959. The lowest BCUT2D eigenvalue weighted by atomic mass is 10.3. The third-order valence-corrected chi connectivity index (χ3v) is 4.99. The normalized spacial score (nSPS) is 12.8. The minimum Gasteiger partial charge on any atom is -0.442 e. The molecular formula is C13H12F3N5O3S. The van der Waals surface area contributed by atoms with Crippen molar-refractivity contribution in [2.24, 2.45) is 0 Å². The number of sulfonamides is 1. The monoisotopic (exact) mass is 375 g/mol. The summed E-state index contributed by atoms with van der Waals surface area (Å²) in [6.07, 6.45) is -1.55. The van der Waals surface area contributed by atoms with Gasteiger partial charge in [0.05, 0.1) is 6.54 Å². The molecule has 3 heterocycles. The van der Waals surface area contributed by atoms with Gasteiger partial charge in [-0.2, -0.15) is 22.6 Å². The van der Waals surface area contributed by atoms with Crippen LogP contribution in [0.2, 0.25) is 0 Å². The number of imidazole rings is 1. The molecule has 0 radical (unpaired) electrons. The van der Waals surface area contributed by atoms with Crippen LogP contribution < -0.4 is 0 Å². The number of nitrogens with one attached hydrogen (secondary N) is 2. The number of furan rings is 1. The largest absolute Gasteiger partial charge is 0.442 e. The van der Waals surface area contributed by atoms with Crippen LogP contribution in [-0.2, 0) is 22.7 Å². The summed E-state index contributed by atoms with van der Waals surface area (Å²) in [5.74, 6) is 0.330. The molecule has 0 saturated heterocycles. The van der Waals surface area contributed by atoms with Gasteiger partial charge < -0.3 is 9.40 Å². The lowest BCUT2D eigenvalue weighted by molar-refractivity contribution is -0.141. The second-order valence-corrected chi connectivity index (χ2v) is 7.06. The van der Waals surface area contributed by atoms with Gasteiger partial charge in [0.15, 0.2) is 5.76 Å². The maximum Gasteiger partial charge on any atom is 0.432 e. The minimum absolute atomic E-state index is 0.0218. The van der Waals surface area contributed by atoms with Crippen molar-refractivity contribution in [2.75, 3.05) is 7.05 Å². The first-order valence-electron chi connectivity index (χ1n) is 6.85. The molecule has 3 rings (SSSR count). The first-order chi connectivity index (χ1) is 11.7. The topological polar surface area (TPSA) is 108 Å². The molecule has 0 amide bonds. The van der Waals surface area contributed by atoms with Gasteiger partial charge in [0.25, 0.3) is 10.0 Å². The van der Waals surface area contributed by atoms with E-state index in [-0.39, 0.29) is 18.0 Å². The molecule has 0 bridgehead atoms. The van der Waals surface area contributed by atoms with Crippen LogP contribution in [0.3, 0.4) is 0 Å². The Balaban J connectivity index is 1.83. The molecule has 3 aromatic heterocycles. The smallest absolute Gasteiger partial charge is 0.432 e. The summed E-state index contributed by atoms with van der Waals surface area (Å²) in [7, 11) is -2.65. The Morgan fingerprint density at radius 2 is 2.08 bits per heavy atom. The highest BCUT2D eigenvalue weighted by molar-refractivity contribution is 7.88. The molecule has 0 aliphatic heterocycles. The Hall–Kier alpha value is -2.60. The fraction of sp³-hybridized carbons (Fsp3) is 0.231. The van der Waals surface area contributed by atoms with Crippen LogP contribution in [0.5, 0.6) is 0 Å². The molecule has 0 unspecified atom stereocenters. The van der Waals surface area contributed by atoms with Crippen LogP contribution in [0, 0.1) is 0 Å². The van der Waals surface area contributed by atoms with E-state index in [2.05, 4.69) is 15.1 Å². The summed E-state index contributed by atoms with van der Waals surface area (Å²) in [4.78, 5) is 6.70. The van der Waals surface area contributed by atoms with Gasteiger partial charge in [-0.1, -0.05) is 0 Å². The molecule has 2 N–H and O–H groups in total. The quantitative estimate of drug-likeness (QED) is 0.711. The van der Waals surface area contributed by atoms with Crippen LogP contribution in [0.25, 0.3) is 11.5 Å². The molecule has 0 aliphatic rings. The van der Waals surface area contributed by atoms with Gasteiger partial charge in [-0.05, 0) is 18.2 Å². The zero-order chi connectivity index (χ0) is 18.2. The van der Waals surface area contributed by atoms with E-state index in [1.165, 1.54) is 19.3 Å². The predicted octanol–water partition coefficient (Wildman–Crippen LogP) is 2.23. The second kappa shape index (κ2) is 6.04. The molecule has 0 atom stereocenters. The summed E-state index contributed by atoms with van der Waals surface area (Å²) >= 11 is 0. The van der Waals surface area contributed by atoms with E-state index < -0.39 is 27.0 Å². The van der Waals surface area contributed by atoms with E-state index in [0.29, 0.717) is 5.82 Å². The van der Waals surface area contributed by atoms with Crippen LogP contribution in [0.1, 0.15) is 11.5 Å². The second-order valence-electron chi connectivity index (χ2n) is 5.08. The standard InChI is InChI=1S/C13H12F3N5O3S/c1-21(7-11-17-4-5-18-11)25(22,23)12-3-2-9(24-12)8-6-10(20-19-8)13(14,15)16/h2-6H,7H2,1H3,(H,17,18)(H,19,20). The number of H-pyrrole nitrogens is 2. The number of aromatic amines is 2. The molecule has 134 valence electrons. The maximum atomic E-state index is 12.6. The molecule has 0 fully saturated rings. The van der Waals surface area contributed by atoms with Crippen molar-refractivity contribution >= 4 is 10.0 Å². The zero-order valence-corrected chi connectivity index (χ0v) is 13.5.